The number of benzene rings is 1. The van der Waals surface area contributed by atoms with Gasteiger partial charge in [0.05, 0.1) is 0 Å². The Labute approximate surface area is 130 Å². The number of para-hydroxylation sites is 1. The molecule has 1 aromatic rings. The van der Waals surface area contributed by atoms with E-state index in [1.54, 1.807) is 16.8 Å². The number of allylic oxidation sites excluding steroid dienone is 3. The lowest BCUT2D eigenvalue weighted by Gasteiger charge is -2.34. The highest BCUT2D eigenvalue weighted by atomic mass is 15.1. The van der Waals surface area contributed by atoms with E-state index in [1.807, 2.05) is 0 Å². The zero-order valence-electron chi connectivity index (χ0n) is 13.9. The van der Waals surface area contributed by atoms with E-state index in [1.165, 1.54) is 44.2 Å². The molecule has 0 atom stereocenters. The number of anilines is 1. The normalized spacial score (nSPS) is 15.4. The van der Waals surface area contributed by atoms with Crippen molar-refractivity contribution in [3.05, 3.63) is 53.3 Å². The second-order valence-corrected chi connectivity index (χ2v) is 5.85. The summed E-state index contributed by atoms with van der Waals surface area (Å²) < 4.78 is 0. The number of rotatable bonds is 7. The molecule has 0 spiro atoms. The van der Waals surface area contributed by atoms with Gasteiger partial charge in [-0.05, 0) is 42.5 Å². The molecule has 0 fully saturated rings. The van der Waals surface area contributed by atoms with Crippen LogP contribution in [0.3, 0.4) is 0 Å². The fourth-order valence-electron chi connectivity index (χ4n) is 3.25. The van der Waals surface area contributed by atoms with Gasteiger partial charge in [0.2, 0.25) is 0 Å². The van der Waals surface area contributed by atoms with Gasteiger partial charge in [-0.1, -0.05) is 64.3 Å². The van der Waals surface area contributed by atoms with Gasteiger partial charge in [0.15, 0.2) is 0 Å². The molecule has 0 bridgehead atoms. The van der Waals surface area contributed by atoms with E-state index in [2.05, 4.69) is 62.1 Å². The number of nitrogens with zero attached hydrogens (tertiary/aromatic N) is 1. The van der Waals surface area contributed by atoms with E-state index < -0.39 is 0 Å². The average Bonchev–Trinajstić information content (AvgIpc) is 2.52. The van der Waals surface area contributed by atoms with E-state index >= 15 is 0 Å². The summed E-state index contributed by atoms with van der Waals surface area (Å²) in [5.41, 5.74) is 6.13. The van der Waals surface area contributed by atoms with Crippen molar-refractivity contribution in [2.45, 2.75) is 59.3 Å². The third kappa shape index (κ3) is 3.78. The first-order valence-electron chi connectivity index (χ1n) is 8.55. The van der Waals surface area contributed by atoms with Gasteiger partial charge in [0.1, 0.15) is 0 Å². The molecule has 0 saturated heterocycles. The molecule has 0 unspecified atom stereocenters. The first-order valence-corrected chi connectivity index (χ1v) is 8.55. The smallest absolute Gasteiger partial charge is 0.0414 e. The molecule has 0 amide bonds. The molecule has 0 saturated carbocycles. The van der Waals surface area contributed by atoms with Crippen LogP contribution in [0.4, 0.5) is 5.69 Å². The average molecular weight is 283 g/mol. The second-order valence-electron chi connectivity index (χ2n) is 5.85. The summed E-state index contributed by atoms with van der Waals surface area (Å²) in [7, 11) is 0. The largest absolute Gasteiger partial charge is 0.341 e. The quantitative estimate of drug-likeness (QED) is 0.585. The molecule has 0 aliphatic carbocycles. The van der Waals surface area contributed by atoms with Crippen LogP contribution in [0.15, 0.2) is 53.3 Å². The molecule has 114 valence electrons. The summed E-state index contributed by atoms with van der Waals surface area (Å²) in [6.45, 7) is 7.90. The minimum Gasteiger partial charge on any atom is -0.341 e. The van der Waals surface area contributed by atoms with Crippen LogP contribution in [0, 0.1) is 0 Å². The fourth-order valence-corrected chi connectivity index (χ4v) is 3.25. The highest BCUT2D eigenvalue weighted by Crippen LogP contribution is 2.35. The molecule has 1 heteroatoms. The van der Waals surface area contributed by atoms with Crippen molar-refractivity contribution < 1.29 is 0 Å². The zero-order chi connectivity index (χ0) is 15.1. The third-order valence-corrected chi connectivity index (χ3v) is 4.16. The highest BCUT2D eigenvalue weighted by molar-refractivity contribution is 5.58. The number of hydrogen-bond donors (Lipinski definition) is 0. The predicted octanol–water partition coefficient (Wildman–Crippen LogP) is 6.09. The summed E-state index contributed by atoms with van der Waals surface area (Å²) >= 11 is 0. The molecule has 2 rings (SSSR count). The Morgan fingerprint density at radius 1 is 0.857 bits per heavy atom. The van der Waals surface area contributed by atoms with Crippen molar-refractivity contribution >= 4 is 5.69 Å². The molecule has 1 aromatic carbocycles. The molecule has 21 heavy (non-hydrogen) atoms. The van der Waals surface area contributed by atoms with Crippen molar-refractivity contribution in [3.63, 3.8) is 0 Å². The van der Waals surface area contributed by atoms with E-state index in [9.17, 15) is 0 Å². The molecule has 1 nitrogen and oxygen atoms in total. The van der Waals surface area contributed by atoms with Gasteiger partial charge in [-0.15, -0.1) is 0 Å². The Bertz CT molecular complexity index is 496. The minimum atomic E-state index is 1.03. The second kappa shape index (κ2) is 8.07. The third-order valence-electron chi connectivity index (χ3n) is 4.16. The lowest BCUT2D eigenvalue weighted by molar-refractivity contribution is 0.756. The lowest BCUT2D eigenvalue weighted by Crippen LogP contribution is -2.28. The predicted molar refractivity (Wildman–Crippen MR) is 93.6 cm³/mol. The van der Waals surface area contributed by atoms with Gasteiger partial charge < -0.3 is 4.90 Å². The van der Waals surface area contributed by atoms with Gasteiger partial charge in [-0.2, -0.15) is 0 Å². The molecule has 0 aromatic heterocycles. The van der Waals surface area contributed by atoms with Crippen LogP contribution in [0.5, 0.6) is 0 Å². The molecule has 0 N–H and O–H groups in total. The molecule has 1 heterocycles. The van der Waals surface area contributed by atoms with E-state index in [0.29, 0.717) is 0 Å². The van der Waals surface area contributed by atoms with Gasteiger partial charge in [-0.25, -0.2) is 0 Å². The van der Waals surface area contributed by atoms with Gasteiger partial charge in [-0.3, -0.25) is 0 Å². The van der Waals surface area contributed by atoms with Crippen molar-refractivity contribution in [1.29, 1.82) is 0 Å². The maximum Gasteiger partial charge on any atom is 0.0414 e. The minimum absolute atomic E-state index is 1.03. The van der Waals surface area contributed by atoms with Crippen molar-refractivity contribution in [2.75, 3.05) is 11.4 Å². The summed E-state index contributed by atoms with van der Waals surface area (Å²) in [4.78, 5) is 2.52. The van der Waals surface area contributed by atoms with Gasteiger partial charge in [0, 0.05) is 17.9 Å². The van der Waals surface area contributed by atoms with Crippen LogP contribution in [-0.2, 0) is 0 Å². The monoisotopic (exact) mass is 283 g/mol. The maximum absolute atomic E-state index is 2.52. The molecular weight excluding hydrogens is 254 g/mol. The molecule has 1 aliphatic rings. The van der Waals surface area contributed by atoms with Crippen LogP contribution in [0.2, 0.25) is 0 Å². The van der Waals surface area contributed by atoms with Crippen LogP contribution < -0.4 is 4.90 Å². The summed E-state index contributed by atoms with van der Waals surface area (Å²) in [5.74, 6) is 0. The maximum atomic E-state index is 2.52. The van der Waals surface area contributed by atoms with Crippen LogP contribution in [0.1, 0.15) is 59.3 Å². The van der Waals surface area contributed by atoms with Crippen molar-refractivity contribution in [1.82, 2.24) is 0 Å². The first kappa shape index (κ1) is 15.9. The van der Waals surface area contributed by atoms with E-state index in [4.69, 9.17) is 0 Å². The number of hydrogen-bond acceptors (Lipinski definition) is 1. The van der Waals surface area contributed by atoms with E-state index in [-0.39, 0.29) is 0 Å². The van der Waals surface area contributed by atoms with Crippen molar-refractivity contribution in [3.8, 4) is 0 Å². The molecule has 0 radical (unpaired) electrons. The fraction of sp³-hybridized carbons (Fsp3) is 0.500. The lowest BCUT2D eigenvalue weighted by atomic mass is 9.90. The topological polar surface area (TPSA) is 3.24 Å². The van der Waals surface area contributed by atoms with E-state index in [0.717, 1.165) is 6.54 Å². The summed E-state index contributed by atoms with van der Waals surface area (Å²) in [5, 5.41) is 0. The van der Waals surface area contributed by atoms with Gasteiger partial charge in [0.25, 0.3) is 0 Å². The Morgan fingerprint density at radius 3 is 2.14 bits per heavy atom. The van der Waals surface area contributed by atoms with Crippen LogP contribution >= 0.6 is 0 Å². The standard InChI is InChI=1S/C20H29N/c1-4-10-17-15-16-21(18-13-8-7-9-14-18)20(12-6-3)19(17)11-5-2/h7-9,13-15H,4-6,10-12,16H2,1-3H3. The van der Waals surface area contributed by atoms with Crippen LogP contribution in [-0.4, -0.2) is 6.54 Å². The first-order chi connectivity index (χ1) is 10.3. The Morgan fingerprint density at radius 2 is 1.52 bits per heavy atom. The summed E-state index contributed by atoms with van der Waals surface area (Å²) in [6, 6.07) is 10.9. The summed E-state index contributed by atoms with van der Waals surface area (Å²) in [6.07, 6.45) is 9.77. The van der Waals surface area contributed by atoms with Crippen molar-refractivity contribution in [2.24, 2.45) is 0 Å². The Balaban J connectivity index is 2.39. The Hall–Kier alpha value is -1.50. The molecule has 1 aliphatic heterocycles. The molecular formula is C20H29N. The highest BCUT2D eigenvalue weighted by Gasteiger charge is 2.21. The van der Waals surface area contributed by atoms with Crippen LogP contribution in [0.25, 0.3) is 0 Å². The Kier molecular flexibility index (Phi) is 6.10. The van der Waals surface area contributed by atoms with Gasteiger partial charge >= 0.3 is 0 Å². The zero-order valence-corrected chi connectivity index (χ0v) is 13.9. The SMILES string of the molecule is CCCC1=CCN(c2ccccc2)C(CCC)=C1CCC.